The van der Waals surface area contributed by atoms with Crippen molar-refractivity contribution in [3.63, 3.8) is 0 Å². The molecule has 2 fully saturated rings. The average molecular weight is 358 g/mol. The summed E-state index contributed by atoms with van der Waals surface area (Å²) in [7, 11) is 0. The Morgan fingerprint density at radius 3 is 2.65 bits per heavy atom. The van der Waals surface area contributed by atoms with Gasteiger partial charge in [-0.05, 0) is 25.2 Å². The zero-order chi connectivity index (χ0) is 17.9. The fraction of sp³-hybridized carbons (Fsp3) is 0.810. The Morgan fingerprint density at radius 2 is 1.96 bits per heavy atom. The van der Waals surface area contributed by atoms with Crippen molar-refractivity contribution < 1.29 is 0 Å². The van der Waals surface area contributed by atoms with Crippen molar-refractivity contribution in [3.05, 3.63) is 17.5 Å². The minimum atomic E-state index is 0.786. The highest BCUT2D eigenvalue weighted by Gasteiger charge is 2.29. The average Bonchev–Trinajstić information content (AvgIpc) is 2.61. The van der Waals surface area contributed by atoms with Crippen LogP contribution in [0, 0.1) is 5.92 Å². The topological polar surface area (TPSA) is 35.5 Å². The predicted molar refractivity (Wildman–Crippen MR) is 107 cm³/mol. The van der Waals surface area contributed by atoms with Gasteiger partial charge in [-0.25, -0.2) is 9.97 Å². The zero-order valence-electron chi connectivity index (χ0n) is 16.7. The molecule has 0 aromatic carbocycles. The Morgan fingerprint density at radius 1 is 1.15 bits per heavy atom. The highest BCUT2D eigenvalue weighted by molar-refractivity contribution is 5.35. The van der Waals surface area contributed by atoms with Crippen LogP contribution in [0.25, 0.3) is 0 Å². The summed E-state index contributed by atoms with van der Waals surface area (Å²) in [4.78, 5) is 17.4. The third-order valence-electron chi connectivity index (χ3n) is 6.54. The van der Waals surface area contributed by atoms with Gasteiger partial charge in [0, 0.05) is 70.0 Å². The van der Waals surface area contributed by atoms with Gasteiger partial charge in [0.25, 0.3) is 0 Å². The second-order valence-electron chi connectivity index (χ2n) is 8.63. The summed E-state index contributed by atoms with van der Waals surface area (Å²) in [6.07, 6.45) is 10.0. The Hall–Kier alpha value is -1.20. The Kier molecular flexibility index (Phi) is 5.75. The van der Waals surface area contributed by atoms with Crippen LogP contribution in [0.5, 0.6) is 0 Å². The molecule has 0 spiro atoms. The molecule has 1 unspecified atom stereocenters. The van der Waals surface area contributed by atoms with Crippen LogP contribution >= 0.6 is 0 Å². The van der Waals surface area contributed by atoms with Gasteiger partial charge in [0.1, 0.15) is 0 Å². The van der Waals surface area contributed by atoms with Crippen molar-refractivity contribution in [2.75, 3.05) is 44.2 Å². The molecule has 144 valence electrons. The molecule has 5 nitrogen and oxygen atoms in total. The van der Waals surface area contributed by atoms with Crippen LogP contribution in [0.15, 0.2) is 6.20 Å². The van der Waals surface area contributed by atoms with Crippen LogP contribution in [0.4, 0.5) is 5.95 Å². The summed E-state index contributed by atoms with van der Waals surface area (Å²) in [6, 6.07) is 0.864. The molecule has 3 aliphatic rings. The fourth-order valence-corrected chi connectivity index (χ4v) is 4.74. The first-order valence-electron chi connectivity index (χ1n) is 10.8. The molecular weight excluding hydrogens is 322 g/mol. The molecule has 1 saturated carbocycles. The molecule has 4 rings (SSSR count). The van der Waals surface area contributed by atoms with E-state index in [4.69, 9.17) is 9.97 Å². The fourth-order valence-electron chi connectivity index (χ4n) is 4.74. The van der Waals surface area contributed by atoms with E-state index in [0.29, 0.717) is 0 Å². The summed E-state index contributed by atoms with van der Waals surface area (Å²) in [5.41, 5.74) is 2.63. The zero-order valence-corrected chi connectivity index (χ0v) is 16.7. The number of nitrogens with zero attached hydrogens (tertiary/aromatic N) is 5. The highest BCUT2D eigenvalue weighted by Crippen LogP contribution is 2.26. The Bertz CT molecular complexity index is 592. The second-order valence-corrected chi connectivity index (χ2v) is 8.63. The maximum atomic E-state index is 4.96. The van der Waals surface area contributed by atoms with Crippen molar-refractivity contribution in [2.24, 2.45) is 5.92 Å². The first kappa shape index (κ1) is 18.2. The Labute approximate surface area is 158 Å². The van der Waals surface area contributed by atoms with Crippen LogP contribution < -0.4 is 4.90 Å². The van der Waals surface area contributed by atoms with Gasteiger partial charge >= 0.3 is 0 Å². The van der Waals surface area contributed by atoms with E-state index < -0.39 is 0 Å². The van der Waals surface area contributed by atoms with Gasteiger partial charge in [-0.15, -0.1) is 0 Å². The van der Waals surface area contributed by atoms with Gasteiger partial charge in [0.05, 0.1) is 5.69 Å². The molecule has 0 radical (unpaired) electrons. The first-order chi connectivity index (χ1) is 12.7. The van der Waals surface area contributed by atoms with Crippen LogP contribution in [0.3, 0.4) is 0 Å². The number of piperazine rings is 1. The molecule has 2 aliphatic heterocycles. The van der Waals surface area contributed by atoms with Crippen LogP contribution in [0.2, 0.25) is 0 Å². The summed E-state index contributed by atoms with van der Waals surface area (Å²) >= 11 is 0. The lowest BCUT2D eigenvalue weighted by molar-refractivity contribution is 0.120. The molecule has 1 aromatic rings. The third-order valence-corrected chi connectivity index (χ3v) is 6.54. The largest absolute Gasteiger partial charge is 0.338 e. The number of fused-ring (bicyclic) bond motifs is 1. The van der Waals surface area contributed by atoms with Crippen molar-refractivity contribution in [3.8, 4) is 0 Å². The van der Waals surface area contributed by atoms with E-state index in [0.717, 1.165) is 50.5 Å². The number of anilines is 1. The van der Waals surface area contributed by atoms with Crippen molar-refractivity contribution in [1.82, 2.24) is 19.8 Å². The third kappa shape index (κ3) is 4.04. The van der Waals surface area contributed by atoms with Crippen LogP contribution in [-0.2, 0) is 13.0 Å². The summed E-state index contributed by atoms with van der Waals surface area (Å²) in [5, 5.41) is 0. The standard InChI is InChI=1S/C21H35N5/c1-3-5-17(2)15-24-9-8-20-18(16-24)14-22-21(23-20)26-12-10-25(11-13-26)19-6-4-7-19/h14,17,19H,3-13,15-16H2,1-2H3. The molecule has 1 aliphatic carbocycles. The summed E-state index contributed by atoms with van der Waals surface area (Å²) in [5.74, 6) is 1.75. The molecule has 0 bridgehead atoms. The second kappa shape index (κ2) is 8.22. The molecule has 5 heteroatoms. The van der Waals surface area contributed by atoms with E-state index in [9.17, 15) is 0 Å². The Balaban J connectivity index is 1.33. The lowest BCUT2D eigenvalue weighted by Crippen LogP contribution is -2.52. The maximum Gasteiger partial charge on any atom is 0.225 e. The van der Waals surface area contributed by atoms with Crippen molar-refractivity contribution in [1.29, 1.82) is 0 Å². The van der Waals surface area contributed by atoms with E-state index >= 15 is 0 Å². The van der Waals surface area contributed by atoms with Gasteiger partial charge in [-0.3, -0.25) is 9.80 Å². The predicted octanol–water partition coefficient (Wildman–Crippen LogP) is 2.95. The van der Waals surface area contributed by atoms with Gasteiger partial charge < -0.3 is 4.90 Å². The van der Waals surface area contributed by atoms with E-state index in [1.807, 2.05) is 0 Å². The van der Waals surface area contributed by atoms with E-state index in [2.05, 4.69) is 34.7 Å². The molecule has 1 atom stereocenters. The monoisotopic (exact) mass is 357 g/mol. The SMILES string of the molecule is CCCC(C)CN1CCc2nc(N3CCN(C4CCC4)CC3)ncc2C1. The summed E-state index contributed by atoms with van der Waals surface area (Å²) < 4.78 is 0. The minimum absolute atomic E-state index is 0.786. The highest BCUT2D eigenvalue weighted by atomic mass is 15.3. The maximum absolute atomic E-state index is 4.96. The number of hydrogen-bond donors (Lipinski definition) is 0. The van der Waals surface area contributed by atoms with E-state index in [1.165, 1.54) is 63.0 Å². The number of rotatable bonds is 6. The summed E-state index contributed by atoms with van der Waals surface area (Å²) in [6.45, 7) is 12.5. The molecular formula is C21H35N5. The van der Waals surface area contributed by atoms with E-state index in [-0.39, 0.29) is 0 Å². The normalized spacial score (nSPS) is 23.5. The molecule has 26 heavy (non-hydrogen) atoms. The van der Waals surface area contributed by atoms with Gasteiger partial charge in [-0.1, -0.05) is 26.7 Å². The first-order valence-corrected chi connectivity index (χ1v) is 10.8. The molecule has 3 heterocycles. The molecule has 0 amide bonds. The van der Waals surface area contributed by atoms with Gasteiger partial charge in [0.15, 0.2) is 0 Å². The van der Waals surface area contributed by atoms with Crippen molar-refractivity contribution >= 4 is 5.95 Å². The van der Waals surface area contributed by atoms with Crippen LogP contribution in [-0.4, -0.2) is 65.1 Å². The molecule has 1 aromatic heterocycles. The number of hydrogen-bond acceptors (Lipinski definition) is 5. The van der Waals surface area contributed by atoms with Gasteiger partial charge in [0.2, 0.25) is 5.95 Å². The minimum Gasteiger partial charge on any atom is -0.338 e. The quantitative estimate of drug-likeness (QED) is 0.782. The van der Waals surface area contributed by atoms with Crippen molar-refractivity contribution in [2.45, 2.75) is 65.0 Å². The van der Waals surface area contributed by atoms with Crippen LogP contribution in [0.1, 0.15) is 57.2 Å². The smallest absolute Gasteiger partial charge is 0.225 e. The lowest BCUT2D eigenvalue weighted by atomic mass is 9.91. The lowest BCUT2D eigenvalue weighted by Gasteiger charge is -2.43. The van der Waals surface area contributed by atoms with Gasteiger partial charge in [-0.2, -0.15) is 0 Å². The molecule has 1 saturated heterocycles. The van der Waals surface area contributed by atoms with E-state index in [1.54, 1.807) is 0 Å². The molecule has 0 N–H and O–H groups in total. The number of aromatic nitrogens is 2.